The lowest BCUT2D eigenvalue weighted by atomic mass is 9.84. The third-order valence-corrected chi connectivity index (χ3v) is 29.7. The molecule has 3 aromatic heterocycles. The Balaban J connectivity index is 0.000000153. The fourth-order valence-corrected chi connectivity index (χ4v) is 23.2. The molecule has 3 heterocycles. The summed E-state index contributed by atoms with van der Waals surface area (Å²) in [6.45, 7) is 27.0. The number of aryl methyl sites for hydroxylation is 6. The van der Waals surface area contributed by atoms with E-state index in [4.69, 9.17) is 0 Å². The molecule has 0 aliphatic rings. The summed E-state index contributed by atoms with van der Waals surface area (Å²) in [7, 11) is 0. The highest BCUT2D eigenvalue weighted by atomic mass is 15.1. The Morgan fingerprint density at radius 2 is 0.401 bits per heavy atom. The van der Waals surface area contributed by atoms with Crippen molar-refractivity contribution in [2.75, 3.05) is 4.90 Å². The maximum absolute atomic E-state index is 2.47. The van der Waals surface area contributed by atoms with Gasteiger partial charge in [0.1, 0.15) is 0 Å². The van der Waals surface area contributed by atoms with Crippen molar-refractivity contribution in [2.24, 2.45) is 0 Å². The van der Waals surface area contributed by atoms with E-state index >= 15 is 0 Å². The summed E-state index contributed by atoms with van der Waals surface area (Å²) < 4.78 is 7.37. The second-order valence-corrected chi connectivity index (χ2v) is 41.1. The Hall–Kier alpha value is -16.9. The Morgan fingerprint density at radius 1 is 0.169 bits per heavy atom. The van der Waals surface area contributed by atoms with Gasteiger partial charge in [0.2, 0.25) is 0 Å². The molecule has 4 nitrogen and oxygen atoms in total. The van der Waals surface area contributed by atoms with Crippen LogP contribution in [0.3, 0.4) is 0 Å². The van der Waals surface area contributed by atoms with E-state index in [9.17, 15) is 0 Å². The van der Waals surface area contributed by atoms with Crippen LogP contribution in [0.5, 0.6) is 0 Å². The predicted molar refractivity (Wildman–Crippen MR) is 610 cm³/mol. The zero-order chi connectivity index (χ0) is 96.5. The van der Waals surface area contributed by atoms with E-state index in [2.05, 4.69) is 551 Å². The van der Waals surface area contributed by atoms with Gasteiger partial charge in [-0.25, -0.2) is 0 Å². The minimum absolute atomic E-state index is 0.0790. The molecular weight excluding hydrogens is 1710 g/mol. The van der Waals surface area contributed by atoms with E-state index in [0.717, 1.165) is 17.1 Å². The summed E-state index contributed by atoms with van der Waals surface area (Å²) in [4.78, 5) is 2.35. The first-order valence-electron chi connectivity index (χ1n) is 49.9. The van der Waals surface area contributed by atoms with E-state index < -0.39 is 0 Å². The zero-order valence-corrected chi connectivity index (χ0v) is 82.5. The van der Waals surface area contributed by atoms with Crippen LogP contribution in [0.25, 0.3) is 215 Å². The number of fused-ring (bicyclic) bond motifs is 13. The fourth-order valence-electron chi connectivity index (χ4n) is 23.2. The molecule has 0 atom stereocenters. The van der Waals surface area contributed by atoms with Crippen LogP contribution < -0.4 is 4.90 Å². The molecule has 4 heteroatoms. The van der Waals surface area contributed by atoms with Crippen molar-refractivity contribution in [1.29, 1.82) is 0 Å². The number of nitrogens with zero attached hydrogens (tertiary/aromatic N) is 4. The number of anilines is 3. The van der Waals surface area contributed by atoms with E-state index in [-0.39, 0.29) is 10.8 Å². The summed E-state index contributed by atoms with van der Waals surface area (Å²) in [5.41, 5.74) is 44.3. The Bertz CT molecular complexity index is 8960. The van der Waals surface area contributed by atoms with Gasteiger partial charge in [-0.05, 0) is 345 Å². The van der Waals surface area contributed by atoms with E-state index in [1.54, 1.807) is 0 Å². The van der Waals surface area contributed by atoms with Crippen molar-refractivity contribution in [3.8, 4) is 106 Å². The second-order valence-electron chi connectivity index (χ2n) is 41.1. The lowest BCUT2D eigenvalue weighted by Crippen LogP contribution is -2.13. The van der Waals surface area contributed by atoms with Gasteiger partial charge in [0.05, 0.1) is 44.5 Å². The van der Waals surface area contributed by atoms with E-state index in [1.807, 2.05) is 0 Å². The Morgan fingerprint density at radius 3 is 0.718 bits per heavy atom. The van der Waals surface area contributed by atoms with Gasteiger partial charge in [-0.3, -0.25) is 0 Å². The largest absolute Gasteiger partial charge is 0.311 e. The maximum atomic E-state index is 2.47. The van der Waals surface area contributed by atoms with Crippen molar-refractivity contribution in [2.45, 2.75) is 93.9 Å². The first-order chi connectivity index (χ1) is 69.2. The molecule has 142 heavy (non-hydrogen) atoms. The van der Waals surface area contributed by atoms with Gasteiger partial charge in [0.25, 0.3) is 0 Å². The van der Waals surface area contributed by atoms with E-state index in [0.29, 0.717) is 0 Å². The molecule has 0 N–H and O–H groups in total. The highest BCUT2D eigenvalue weighted by Gasteiger charge is 2.28. The number of para-hydroxylation sites is 4. The molecule has 0 aliphatic carbocycles. The van der Waals surface area contributed by atoms with Gasteiger partial charge in [0.15, 0.2) is 0 Å². The predicted octanol–water partition coefficient (Wildman–Crippen LogP) is 38.5. The van der Waals surface area contributed by atoms with Crippen LogP contribution in [0, 0.1) is 41.5 Å². The first kappa shape index (κ1) is 87.8. The molecular formula is C138H110N4. The van der Waals surface area contributed by atoms with Gasteiger partial charge < -0.3 is 18.6 Å². The van der Waals surface area contributed by atoms with Crippen LogP contribution >= 0.6 is 0 Å². The topological polar surface area (TPSA) is 18.0 Å². The monoisotopic (exact) mass is 1820 g/mol. The molecule has 0 saturated heterocycles. The summed E-state index contributed by atoms with van der Waals surface area (Å²) in [6.07, 6.45) is 0. The summed E-state index contributed by atoms with van der Waals surface area (Å²) in [5.74, 6) is 0. The van der Waals surface area contributed by atoms with Crippen molar-refractivity contribution in [3.63, 3.8) is 0 Å². The molecule has 0 unspecified atom stereocenters. The minimum atomic E-state index is 0.0790. The lowest BCUT2D eigenvalue weighted by molar-refractivity contribution is 0.590. The van der Waals surface area contributed by atoms with Crippen LogP contribution in [-0.4, -0.2) is 13.7 Å². The number of aromatic nitrogens is 3. The Kier molecular flexibility index (Phi) is 21.8. The minimum Gasteiger partial charge on any atom is -0.311 e. The second kappa shape index (κ2) is 35.2. The third-order valence-electron chi connectivity index (χ3n) is 29.7. The van der Waals surface area contributed by atoms with E-state index in [1.165, 1.54) is 259 Å². The normalized spacial score (nSPS) is 11.9. The molecule has 682 valence electrons. The molecule has 25 rings (SSSR count). The number of hydrogen-bond donors (Lipinski definition) is 0. The van der Waals surface area contributed by atoms with Crippen LogP contribution in [0.15, 0.2) is 449 Å². The van der Waals surface area contributed by atoms with Crippen molar-refractivity contribution in [3.05, 3.63) is 493 Å². The Labute approximate surface area is 831 Å². The average molecular weight is 1820 g/mol. The number of hydrogen-bond acceptors (Lipinski definition) is 1. The van der Waals surface area contributed by atoms with Gasteiger partial charge in [-0.2, -0.15) is 0 Å². The zero-order valence-electron chi connectivity index (χ0n) is 82.5. The number of benzene rings is 22. The molecule has 0 fully saturated rings. The van der Waals surface area contributed by atoms with Gasteiger partial charge >= 0.3 is 0 Å². The smallest absolute Gasteiger partial charge is 0.0541 e. The van der Waals surface area contributed by atoms with Gasteiger partial charge in [-0.1, -0.05) is 374 Å². The fraction of sp³-hybridized carbons (Fsp3) is 0.101. The highest BCUT2D eigenvalue weighted by Crippen LogP contribution is 2.52. The summed E-state index contributed by atoms with van der Waals surface area (Å²) in [5, 5.41) is 17.4. The number of rotatable bonds is 14. The SMILES string of the molecule is CC(C)(C)c1ccc(N(c2ccccc2)c2ccc(-c3ccc4c(-c5ccccc5)c5cc(-c6ccc7c(c6)c6ccccc6n7-c6ccc(C(C)(C)C)cc6)ccc5c(-c5ccccc5)c4c3)cc2)cc1.Cc1cc(C)c(-n2c3ccccc3c3cc(-c4ccc5c(-c6ccccc6)c6cc(-c7ccc8c(c7)c7ccccc7n8-c7c(C)cc(C)cc7C)ccc6c(-c6ccccc6)c5c4)ccc32)c(C)c1. The quantitative estimate of drug-likeness (QED) is 0.0993. The third kappa shape index (κ3) is 15.4. The molecule has 25 aromatic rings. The van der Waals surface area contributed by atoms with Crippen molar-refractivity contribution < 1.29 is 0 Å². The molecule has 22 aromatic carbocycles. The summed E-state index contributed by atoms with van der Waals surface area (Å²) >= 11 is 0. The van der Waals surface area contributed by atoms with Gasteiger partial charge in [-0.15, -0.1) is 0 Å². The summed E-state index contributed by atoms with van der Waals surface area (Å²) in [6, 6.07) is 167. The van der Waals surface area contributed by atoms with Crippen LogP contribution in [0.1, 0.15) is 86.1 Å². The average Bonchev–Trinajstić information content (AvgIpc) is 0.730. The highest BCUT2D eigenvalue weighted by molar-refractivity contribution is 6.25. The van der Waals surface area contributed by atoms with Gasteiger partial charge in [0, 0.05) is 55.1 Å². The molecule has 0 aliphatic heterocycles. The van der Waals surface area contributed by atoms with Crippen LogP contribution in [-0.2, 0) is 10.8 Å². The molecule has 0 spiro atoms. The molecule has 0 saturated carbocycles. The van der Waals surface area contributed by atoms with Crippen molar-refractivity contribution >= 4 is 126 Å². The molecule has 0 amide bonds. The van der Waals surface area contributed by atoms with Crippen molar-refractivity contribution in [1.82, 2.24) is 13.7 Å². The van der Waals surface area contributed by atoms with Crippen LogP contribution in [0.2, 0.25) is 0 Å². The maximum Gasteiger partial charge on any atom is 0.0541 e. The molecule has 0 bridgehead atoms. The molecule has 0 radical (unpaired) electrons. The lowest BCUT2D eigenvalue weighted by Gasteiger charge is -2.27. The standard InChI is InChI=1S/C70H58N2.C68H52N2/c1-69(2,3)53-31-37-57(38-32-53)71(55-22-14-9-15-23-55)56-35-26-47(27-36-56)50-28-41-60-63(45-50)67(48-18-10-7-11-19-48)61-42-29-51(46-64(61)68(60)49-20-12-8-13-21-49)52-30-43-66-62(44-52)59-24-16-17-25-65(59)72(66)58-39-33-54(34-40-58)70(4,5)6;1-41-33-43(3)67(44(4)34-41)69-61-23-15-13-21-53(61)57-37-51(27-31-63(57)69)49-25-29-55-59(39-49)65(47-17-9-7-10-18-47)56-30-26-50(40-60(56)66(55)48-19-11-8-12-20-48)52-28-32-64-58(38-52)54-22-14-16-24-62(54)70(64)68-45(5)35-42(2)36-46(68)6/h7-46H,1-6H3;7-40H,1-6H3. The first-order valence-corrected chi connectivity index (χ1v) is 49.9. The van der Waals surface area contributed by atoms with Crippen LogP contribution in [0.4, 0.5) is 17.1 Å².